The van der Waals surface area contributed by atoms with E-state index in [1.807, 2.05) is 0 Å². The lowest BCUT2D eigenvalue weighted by atomic mass is 10.0. The number of halogens is 3. The van der Waals surface area contributed by atoms with Crippen molar-refractivity contribution in [2.45, 2.75) is 31.7 Å². The van der Waals surface area contributed by atoms with Crippen molar-refractivity contribution < 1.29 is 27.4 Å². The number of carbonyl (C=O) groups is 1. The summed E-state index contributed by atoms with van der Waals surface area (Å²) in [5.41, 5.74) is 11.2. The smallest absolute Gasteiger partial charge is 0.416 e. The van der Waals surface area contributed by atoms with Crippen molar-refractivity contribution in [1.82, 2.24) is 5.32 Å². The molecule has 1 aliphatic rings. The van der Waals surface area contributed by atoms with Gasteiger partial charge in [0.1, 0.15) is 11.9 Å². The highest BCUT2D eigenvalue weighted by molar-refractivity contribution is 5.99. The van der Waals surface area contributed by atoms with Crippen molar-refractivity contribution in [3.63, 3.8) is 0 Å². The minimum absolute atomic E-state index is 0.0374. The second kappa shape index (κ2) is 8.20. The molecule has 2 aromatic rings. The highest BCUT2D eigenvalue weighted by atomic mass is 19.4. The lowest BCUT2D eigenvalue weighted by Gasteiger charge is -2.18. The van der Waals surface area contributed by atoms with E-state index in [1.54, 1.807) is 19.1 Å². The number of amides is 1. The van der Waals surface area contributed by atoms with Crippen molar-refractivity contribution >= 4 is 17.3 Å². The maximum Gasteiger partial charge on any atom is 0.416 e. The Bertz CT molecular complexity index is 896. The van der Waals surface area contributed by atoms with Crippen LogP contribution in [0, 0.1) is 0 Å². The van der Waals surface area contributed by atoms with Crippen LogP contribution in [0.4, 0.5) is 24.5 Å². The summed E-state index contributed by atoms with van der Waals surface area (Å²) in [4.78, 5) is 12.7. The second-order valence-electron chi connectivity index (χ2n) is 6.93. The van der Waals surface area contributed by atoms with Gasteiger partial charge in [0.2, 0.25) is 0 Å². The van der Waals surface area contributed by atoms with Crippen molar-refractivity contribution in [3.05, 3.63) is 53.1 Å². The highest BCUT2D eigenvalue weighted by Crippen LogP contribution is 2.33. The fourth-order valence-electron chi connectivity index (χ4n) is 3.05. The van der Waals surface area contributed by atoms with E-state index >= 15 is 0 Å². The second-order valence-corrected chi connectivity index (χ2v) is 6.93. The van der Waals surface area contributed by atoms with Crippen LogP contribution in [0.2, 0.25) is 0 Å². The molecule has 0 radical (unpaired) electrons. The molecule has 1 fully saturated rings. The summed E-state index contributed by atoms with van der Waals surface area (Å²) in [6.45, 7) is 2.66. The Balaban J connectivity index is 1.76. The van der Waals surface area contributed by atoms with Crippen LogP contribution in [-0.2, 0) is 10.9 Å². The molecule has 29 heavy (non-hydrogen) atoms. The van der Waals surface area contributed by atoms with Crippen LogP contribution in [0.15, 0.2) is 36.4 Å². The molecule has 0 saturated carbocycles. The van der Waals surface area contributed by atoms with Crippen molar-refractivity contribution in [2.75, 3.05) is 24.7 Å². The van der Waals surface area contributed by atoms with Gasteiger partial charge in [-0.15, -0.1) is 0 Å². The first kappa shape index (κ1) is 20.8. The molecule has 1 saturated heterocycles. The summed E-state index contributed by atoms with van der Waals surface area (Å²) >= 11 is 0. The molecule has 0 bridgehead atoms. The van der Waals surface area contributed by atoms with Crippen LogP contribution in [0.1, 0.15) is 40.9 Å². The molecule has 1 heterocycles. The van der Waals surface area contributed by atoms with Gasteiger partial charge in [0.05, 0.1) is 30.4 Å². The molecule has 3 rings (SSSR count). The largest absolute Gasteiger partial charge is 0.488 e. The number of carbonyl (C=O) groups excluding carboxylic acids is 1. The molecule has 2 aromatic carbocycles. The van der Waals surface area contributed by atoms with Gasteiger partial charge in [0.25, 0.3) is 5.91 Å². The zero-order valence-electron chi connectivity index (χ0n) is 15.8. The van der Waals surface area contributed by atoms with Crippen LogP contribution in [0.3, 0.4) is 0 Å². The number of anilines is 2. The first-order valence-corrected chi connectivity index (χ1v) is 9.06. The lowest BCUT2D eigenvalue weighted by Crippen LogP contribution is -2.28. The monoisotopic (exact) mass is 409 g/mol. The van der Waals surface area contributed by atoms with E-state index < -0.39 is 23.7 Å². The summed E-state index contributed by atoms with van der Waals surface area (Å²) in [6.07, 6.45) is -3.88. The Labute approximate surface area is 166 Å². The fourth-order valence-corrected chi connectivity index (χ4v) is 3.05. The highest BCUT2D eigenvalue weighted by Gasteiger charge is 2.31. The van der Waals surface area contributed by atoms with Gasteiger partial charge in [-0.2, -0.15) is 13.2 Å². The third-order valence-corrected chi connectivity index (χ3v) is 4.61. The number of ether oxygens (including phenoxy) is 2. The molecule has 0 aromatic heterocycles. The minimum Gasteiger partial charge on any atom is -0.488 e. The molecule has 6 nitrogen and oxygen atoms in total. The number of rotatable bonds is 5. The van der Waals surface area contributed by atoms with Gasteiger partial charge in [-0.1, -0.05) is 0 Å². The zero-order valence-corrected chi connectivity index (χ0v) is 15.8. The standard InChI is InChI=1S/C20H22F3N3O3/c1-11(12-6-13(20(21,22)23)8-14(24)7-12)26-19(27)17-9-15(2-3-18(17)25)29-16-4-5-28-10-16/h2-3,6-9,11,16H,4-5,10,24-25H2,1H3,(H,26,27)/t11?,16-/m0/s1. The average Bonchev–Trinajstić information content (AvgIpc) is 3.15. The number of nitrogens with two attached hydrogens (primary N) is 2. The molecule has 9 heteroatoms. The van der Waals surface area contributed by atoms with Gasteiger partial charge >= 0.3 is 6.18 Å². The average molecular weight is 409 g/mol. The predicted molar refractivity (Wildman–Crippen MR) is 102 cm³/mol. The van der Waals surface area contributed by atoms with E-state index in [2.05, 4.69) is 5.32 Å². The number of hydrogen-bond donors (Lipinski definition) is 3. The van der Waals surface area contributed by atoms with Gasteiger partial charge in [0, 0.05) is 17.8 Å². The Hall–Kier alpha value is -2.94. The Kier molecular flexibility index (Phi) is 5.88. The first-order chi connectivity index (χ1) is 13.6. The number of hydrogen-bond acceptors (Lipinski definition) is 5. The summed E-state index contributed by atoms with van der Waals surface area (Å²) in [7, 11) is 0. The maximum absolute atomic E-state index is 13.0. The van der Waals surface area contributed by atoms with Crippen LogP contribution in [0.5, 0.6) is 5.75 Å². The number of benzene rings is 2. The topological polar surface area (TPSA) is 99.6 Å². The van der Waals surface area contributed by atoms with Gasteiger partial charge in [-0.05, 0) is 48.9 Å². The van der Waals surface area contributed by atoms with Crippen LogP contribution >= 0.6 is 0 Å². The molecule has 2 atom stereocenters. The molecule has 1 aliphatic heterocycles. The Morgan fingerprint density at radius 3 is 2.66 bits per heavy atom. The summed E-state index contributed by atoms with van der Waals surface area (Å²) in [5.74, 6) is -0.0603. The van der Waals surface area contributed by atoms with E-state index in [4.69, 9.17) is 20.9 Å². The number of nitrogens with one attached hydrogen (secondary N) is 1. The molecular weight excluding hydrogens is 387 g/mol. The Morgan fingerprint density at radius 1 is 1.24 bits per heavy atom. The van der Waals surface area contributed by atoms with Gasteiger partial charge in [-0.25, -0.2) is 0 Å². The zero-order chi connectivity index (χ0) is 21.2. The summed E-state index contributed by atoms with van der Waals surface area (Å²) < 4.78 is 50.1. The number of alkyl halides is 3. The molecule has 1 unspecified atom stereocenters. The Morgan fingerprint density at radius 2 is 2.00 bits per heavy atom. The normalized spacial score (nSPS) is 17.7. The molecule has 0 aliphatic carbocycles. The van der Waals surface area contributed by atoms with Crippen LogP contribution < -0.4 is 21.5 Å². The number of nitrogen functional groups attached to an aromatic ring is 2. The third kappa shape index (κ3) is 5.11. The van der Waals surface area contributed by atoms with E-state index in [0.717, 1.165) is 18.6 Å². The SMILES string of the molecule is CC(NC(=O)c1cc(O[C@H]2CCOC2)ccc1N)c1cc(N)cc(C(F)(F)F)c1. The van der Waals surface area contributed by atoms with E-state index in [-0.39, 0.29) is 28.6 Å². The van der Waals surface area contributed by atoms with Crippen LogP contribution in [0.25, 0.3) is 0 Å². The van der Waals surface area contributed by atoms with Gasteiger partial charge < -0.3 is 26.3 Å². The fraction of sp³-hybridized carbons (Fsp3) is 0.350. The predicted octanol–water partition coefficient (Wildman–Crippen LogP) is 3.53. The maximum atomic E-state index is 13.0. The lowest BCUT2D eigenvalue weighted by molar-refractivity contribution is -0.137. The molecule has 1 amide bonds. The summed E-state index contributed by atoms with van der Waals surface area (Å²) in [6, 6.07) is 7.20. The molecule has 0 spiro atoms. The van der Waals surface area contributed by atoms with Gasteiger partial charge in [0.15, 0.2) is 0 Å². The van der Waals surface area contributed by atoms with Crippen molar-refractivity contribution in [3.8, 4) is 5.75 Å². The third-order valence-electron chi connectivity index (χ3n) is 4.61. The van der Waals surface area contributed by atoms with Gasteiger partial charge in [-0.3, -0.25) is 4.79 Å². The first-order valence-electron chi connectivity index (χ1n) is 9.06. The minimum atomic E-state index is -4.53. The molecule has 156 valence electrons. The van der Waals surface area contributed by atoms with E-state index in [1.165, 1.54) is 12.1 Å². The summed E-state index contributed by atoms with van der Waals surface area (Å²) in [5, 5.41) is 2.66. The molecular formula is C20H22F3N3O3. The van der Waals surface area contributed by atoms with Crippen LogP contribution in [-0.4, -0.2) is 25.2 Å². The van der Waals surface area contributed by atoms with Crippen molar-refractivity contribution in [2.24, 2.45) is 0 Å². The molecule has 5 N–H and O–H groups in total. The van der Waals surface area contributed by atoms with E-state index in [9.17, 15) is 18.0 Å². The quantitative estimate of drug-likeness (QED) is 0.656. The van der Waals surface area contributed by atoms with E-state index in [0.29, 0.717) is 19.0 Å². The van der Waals surface area contributed by atoms with Crippen molar-refractivity contribution in [1.29, 1.82) is 0 Å².